The quantitative estimate of drug-likeness (QED) is 0.868. The molecule has 2 amide bonds. The van der Waals surface area contributed by atoms with E-state index in [2.05, 4.69) is 15.3 Å². The summed E-state index contributed by atoms with van der Waals surface area (Å²) < 4.78 is 5.42. The van der Waals surface area contributed by atoms with Crippen LogP contribution in [0.5, 0.6) is 0 Å². The zero-order valence-electron chi connectivity index (χ0n) is 16.4. The van der Waals surface area contributed by atoms with Crippen LogP contribution in [0.15, 0.2) is 53.6 Å². The van der Waals surface area contributed by atoms with Gasteiger partial charge in [-0.2, -0.15) is 5.10 Å². The number of hydrogen-bond acceptors (Lipinski definition) is 5. The highest BCUT2D eigenvalue weighted by molar-refractivity contribution is 6.44. The molecule has 1 N–H and O–H groups in total. The van der Waals surface area contributed by atoms with E-state index in [1.807, 2.05) is 55.5 Å². The van der Waals surface area contributed by atoms with E-state index < -0.39 is 0 Å². The van der Waals surface area contributed by atoms with Crippen LogP contribution in [0.2, 0.25) is 0 Å². The molecule has 0 saturated carbocycles. The normalized spacial score (nSPS) is 17.1. The second-order valence-electron chi connectivity index (χ2n) is 7.16. The number of amides is 2. The summed E-state index contributed by atoms with van der Waals surface area (Å²) in [4.78, 5) is 27.5. The van der Waals surface area contributed by atoms with E-state index in [9.17, 15) is 9.59 Å². The van der Waals surface area contributed by atoms with Gasteiger partial charge in [0, 0.05) is 25.9 Å². The van der Waals surface area contributed by atoms with Crippen LogP contribution in [0, 0.1) is 6.92 Å². The summed E-state index contributed by atoms with van der Waals surface area (Å²) in [5, 5.41) is 8.69. The third-order valence-corrected chi connectivity index (χ3v) is 5.04. The van der Waals surface area contributed by atoms with Crippen molar-refractivity contribution in [2.24, 2.45) is 5.10 Å². The van der Waals surface area contributed by atoms with E-state index in [0.29, 0.717) is 31.0 Å². The second kappa shape index (κ2) is 8.45. The van der Waals surface area contributed by atoms with Crippen LogP contribution in [0.3, 0.4) is 0 Å². The van der Waals surface area contributed by atoms with Gasteiger partial charge in [0.25, 0.3) is 5.91 Å². The first-order valence-corrected chi connectivity index (χ1v) is 9.82. The lowest BCUT2D eigenvalue weighted by Crippen LogP contribution is -2.38. The summed E-state index contributed by atoms with van der Waals surface area (Å²) in [5.41, 5.74) is 3.76. The number of carbonyl (C=O) groups is 2. The van der Waals surface area contributed by atoms with Crippen molar-refractivity contribution in [1.29, 1.82) is 0 Å². The summed E-state index contributed by atoms with van der Waals surface area (Å²) in [6.07, 6.45) is 0.581. The minimum absolute atomic E-state index is 0.110. The molecule has 7 nitrogen and oxygen atoms in total. The summed E-state index contributed by atoms with van der Waals surface area (Å²) in [7, 11) is 0. The number of anilines is 3. The first kappa shape index (κ1) is 19.1. The van der Waals surface area contributed by atoms with Gasteiger partial charge >= 0.3 is 0 Å². The summed E-state index contributed by atoms with van der Waals surface area (Å²) in [5.74, 6) is -0.392. The Balaban J connectivity index is 1.55. The fourth-order valence-electron chi connectivity index (χ4n) is 3.53. The molecule has 1 saturated heterocycles. The zero-order valence-corrected chi connectivity index (χ0v) is 16.4. The summed E-state index contributed by atoms with van der Waals surface area (Å²) in [6, 6.07) is 15.3. The van der Waals surface area contributed by atoms with Gasteiger partial charge in [-0.3, -0.25) is 9.59 Å². The van der Waals surface area contributed by atoms with Crippen molar-refractivity contribution < 1.29 is 14.3 Å². The average molecular weight is 392 g/mol. The Morgan fingerprint density at radius 3 is 2.66 bits per heavy atom. The van der Waals surface area contributed by atoms with Crippen LogP contribution >= 0.6 is 0 Å². The molecule has 0 aliphatic carbocycles. The molecule has 0 unspecified atom stereocenters. The third-order valence-electron chi connectivity index (χ3n) is 5.04. The Bertz CT molecular complexity index is 951. The van der Waals surface area contributed by atoms with Crippen LogP contribution in [-0.4, -0.2) is 43.8 Å². The maximum Gasteiger partial charge on any atom is 0.271 e. The van der Waals surface area contributed by atoms with Gasteiger partial charge in [0.15, 0.2) is 0 Å². The van der Waals surface area contributed by atoms with Crippen LogP contribution in [0.1, 0.15) is 18.4 Å². The second-order valence-corrected chi connectivity index (χ2v) is 7.16. The Morgan fingerprint density at radius 2 is 1.86 bits per heavy atom. The molecule has 2 aromatic carbocycles. The molecule has 150 valence electrons. The molecule has 0 atom stereocenters. The minimum Gasteiger partial charge on any atom is -0.378 e. The smallest absolute Gasteiger partial charge is 0.271 e. The highest BCUT2D eigenvalue weighted by atomic mass is 16.5. The fourth-order valence-corrected chi connectivity index (χ4v) is 3.53. The number of nitrogens with zero attached hydrogens (tertiary/aromatic N) is 3. The van der Waals surface area contributed by atoms with E-state index in [4.69, 9.17) is 4.74 Å². The number of morpholine rings is 1. The fraction of sp³-hybridized carbons (Fsp3) is 0.318. The first-order valence-electron chi connectivity index (χ1n) is 9.82. The molecule has 0 spiro atoms. The number of hydrazone groups is 1. The third kappa shape index (κ3) is 4.30. The van der Waals surface area contributed by atoms with Gasteiger partial charge in [0.05, 0.1) is 30.3 Å². The lowest BCUT2D eigenvalue weighted by atomic mass is 10.1. The Morgan fingerprint density at radius 1 is 1.07 bits per heavy atom. The van der Waals surface area contributed by atoms with Gasteiger partial charge in [0.2, 0.25) is 5.91 Å². The van der Waals surface area contributed by atoms with Crippen molar-refractivity contribution in [3.8, 4) is 0 Å². The lowest BCUT2D eigenvalue weighted by Gasteiger charge is -2.30. The number of nitrogens with one attached hydrogen (secondary N) is 1. The Hall–Kier alpha value is -3.19. The van der Waals surface area contributed by atoms with Crippen LogP contribution < -0.4 is 15.2 Å². The Labute approximate surface area is 169 Å². The number of ether oxygens (including phenoxy) is 1. The van der Waals surface area contributed by atoms with E-state index in [1.165, 1.54) is 5.01 Å². The van der Waals surface area contributed by atoms with Crippen molar-refractivity contribution >= 4 is 34.6 Å². The SMILES string of the molecule is Cc1cccc(N2N=C(C(=O)Nc3ccccc3N3CCOCC3)CCC2=O)c1. The van der Waals surface area contributed by atoms with Gasteiger partial charge in [-0.15, -0.1) is 0 Å². The van der Waals surface area contributed by atoms with Crippen molar-refractivity contribution in [2.45, 2.75) is 19.8 Å². The average Bonchev–Trinajstić information content (AvgIpc) is 2.75. The lowest BCUT2D eigenvalue weighted by molar-refractivity contribution is -0.118. The molecule has 29 heavy (non-hydrogen) atoms. The molecule has 2 aromatic rings. The van der Waals surface area contributed by atoms with Crippen molar-refractivity contribution in [3.63, 3.8) is 0 Å². The van der Waals surface area contributed by atoms with Gasteiger partial charge in [-0.05, 0) is 36.8 Å². The van der Waals surface area contributed by atoms with E-state index in [0.717, 1.165) is 30.0 Å². The van der Waals surface area contributed by atoms with Gasteiger partial charge in [-0.25, -0.2) is 5.01 Å². The predicted octanol–water partition coefficient (Wildman–Crippen LogP) is 2.95. The van der Waals surface area contributed by atoms with Crippen molar-refractivity contribution in [2.75, 3.05) is 41.5 Å². The number of carbonyl (C=O) groups excluding carboxylic acids is 2. The first-order chi connectivity index (χ1) is 14.1. The maximum absolute atomic E-state index is 12.9. The molecule has 2 aliphatic heterocycles. The van der Waals surface area contributed by atoms with Gasteiger partial charge in [0.1, 0.15) is 5.71 Å². The molecule has 4 rings (SSSR count). The zero-order chi connectivity index (χ0) is 20.2. The largest absolute Gasteiger partial charge is 0.378 e. The molecule has 0 bridgehead atoms. The van der Waals surface area contributed by atoms with Crippen LogP contribution in [-0.2, 0) is 14.3 Å². The van der Waals surface area contributed by atoms with E-state index in [-0.39, 0.29) is 18.2 Å². The maximum atomic E-state index is 12.9. The van der Waals surface area contributed by atoms with Gasteiger partial charge in [-0.1, -0.05) is 24.3 Å². The molecule has 7 heteroatoms. The monoisotopic (exact) mass is 392 g/mol. The molecule has 2 aliphatic rings. The summed E-state index contributed by atoms with van der Waals surface area (Å²) >= 11 is 0. The van der Waals surface area contributed by atoms with Crippen LogP contribution in [0.25, 0.3) is 0 Å². The standard InChI is InChI=1S/C22H24N4O3/c1-16-5-4-6-17(15-16)26-21(27)10-9-19(24-26)22(28)23-18-7-2-3-8-20(18)25-11-13-29-14-12-25/h2-8,15H,9-14H2,1H3,(H,23,28). The number of rotatable bonds is 4. The number of benzene rings is 2. The number of hydrogen-bond donors (Lipinski definition) is 1. The molecular formula is C22H24N4O3. The van der Waals surface area contributed by atoms with Gasteiger partial charge < -0.3 is 15.0 Å². The highest BCUT2D eigenvalue weighted by Crippen LogP contribution is 2.27. The number of para-hydroxylation sites is 2. The molecular weight excluding hydrogens is 368 g/mol. The highest BCUT2D eigenvalue weighted by Gasteiger charge is 2.26. The topological polar surface area (TPSA) is 74.2 Å². The predicted molar refractivity (Wildman–Crippen MR) is 113 cm³/mol. The Kier molecular flexibility index (Phi) is 5.57. The van der Waals surface area contributed by atoms with E-state index >= 15 is 0 Å². The molecule has 1 fully saturated rings. The van der Waals surface area contributed by atoms with E-state index in [1.54, 1.807) is 0 Å². The summed E-state index contributed by atoms with van der Waals surface area (Å²) in [6.45, 7) is 4.86. The minimum atomic E-state index is -0.282. The molecule has 2 heterocycles. The molecule has 0 radical (unpaired) electrons. The van der Waals surface area contributed by atoms with Crippen molar-refractivity contribution in [3.05, 3.63) is 54.1 Å². The molecule has 0 aromatic heterocycles. The van der Waals surface area contributed by atoms with Crippen LogP contribution in [0.4, 0.5) is 17.1 Å². The van der Waals surface area contributed by atoms with Crippen molar-refractivity contribution in [1.82, 2.24) is 0 Å². The number of aryl methyl sites for hydroxylation is 1.